The van der Waals surface area contributed by atoms with Gasteiger partial charge in [0.05, 0.1) is 5.92 Å². The lowest BCUT2D eigenvalue weighted by Gasteiger charge is -2.13. The Labute approximate surface area is 116 Å². The van der Waals surface area contributed by atoms with Gasteiger partial charge in [-0.3, -0.25) is 9.59 Å². The number of carbonyl (C=O) groups excluding carboxylic acids is 1. The van der Waals surface area contributed by atoms with E-state index in [1.54, 1.807) is 30.4 Å². The van der Waals surface area contributed by atoms with Crippen LogP contribution in [0.2, 0.25) is 5.02 Å². The minimum Gasteiger partial charge on any atom is -0.481 e. The van der Waals surface area contributed by atoms with Crippen LogP contribution in [0.15, 0.2) is 30.4 Å². The smallest absolute Gasteiger partial charge is 0.310 e. The molecule has 0 aliphatic heterocycles. The van der Waals surface area contributed by atoms with Gasteiger partial charge in [-0.05, 0) is 37.1 Å². The molecule has 1 aromatic carbocycles. The zero-order chi connectivity index (χ0) is 14.0. The predicted octanol–water partition coefficient (Wildman–Crippen LogP) is 2.41. The quantitative estimate of drug-likeness (QED) is 0.835. The molecule has 4 nitrogen and oxygen atoms in total. The van der Waals surface area contributed by atoms with E-state index in [9.17, 15) is 9.59 Å². The largest absolute Gasteiger partial charge is 0.481 e. The zero-order valence-corrected chi connectivity index (χ0v) is 11.1. The van der Waals surface area contributed by atoms with Gasteiger partial charge in [0.15, 0.2) is 0 Å². The second-order valence-electron chi connectivity index (χ2n) is 4.60. The van der Waals surface area contributed by atoms with E-state index in [2.05, 4.69) is 5.32 Å². The molecule has 0 spiro atoms. The van der Waals surface area contributed by atoms with Crippen molar-refractivity contribution in [2.75, 3.05) is 0 Å². The molecule has 0 saturated carbocycles. The number of hydrogen-bond donors (Lipinski definition) is 2. The molecule has 2 unspecified atom stereocenters. The van der Waals surface area contributed by atoms with Crippen molar-refractivity contribution in [1.29, 1.82) is 0 Å². The van der Waals surface area contributed by atoms with Gasteiger partial charge in [-0.2, -0.15) is 0 Å². The Hall–Kier alpha value is -1.81. The van der Waals surface area contributed by atoms with Crippen molar-refractivity contribution >= 4 is 23.5 Å². The van der Waals surface area contributed by atoms with Crippen LogP contribution in [0.25, 0.3) is 0 Å². The first-order valence-electron chi connectivity index (χ1n) is 5.95. The zero-order valence-electron chi connectivity index (χ0n) is 10.4. The van der Waals surface area contributed by atoms with Crippen LogP contribution in [0.1, 0.15) is 22.3 Å². The summed E-state index contributed by atoms with van der Waals surface area (Å²) in [5, 5.41) is 12.3. The molecular weight excluding hydrogens is 266 g/mol. The van der Waals surface area contributed by atoms with Gasteiger partial charge < -0.3 is 10.4 Å². The van der Waals surface area contributed by atoms with Gasteiger partial charge in [0.2, 0.25) is 0 Å². The number of carboxylic acids is 1. The van der Waals surface area contributed by atoms with E-state index >= 15 is 0 Å². The van der Waals surface area contributed by atoms with Crippen LogP contribution < -0.4 is 5.32 Å². The minimum atomic E-state index is -0.865. The average Bonchev–Trinajstić information content (AvgIpc) is 2.77. The number of halogens is 1. The number of benzene rings is 1. The van der Waals surface area contributed by atoms with Gasteiger partial charge in [-0.25, -0.2) is 0 Å². The number of hydrogen-bond acceptors (Lipinski definition) is 2. The molecular formula is C14H14ClNO3. The molecule has 0 radical (unpaired) electrons. The van der Waals surface area contributed by atoms with Crippen molar-refractivity contribution < 1.29 is 14.7 Å². The molecule has 1 amide bonds. The van der Waals surface area contributed by atoms with Crippen LogP contribution in [0.5, 0.6) is 0 Å². The number of carbonyl (C=O) groups is 2. The van der Waals surface area contributed by atoms with E-state index in [1.165, 1.54) is 0 Å². The molecule has 2 N–H and O–H groups in total. The highest BCUT2D eigenvalue weighted by Crippen LogP contribution is 2.19. The number of aryl methyl sites for hydroxylation is 1. The molecule has 2 rings (SSSR count). The molecule has 0 aromatic heterocycles. The maximum atomic E-state index is 12.1. The summed E-state index contributed by atoms with van der Waals surface area (Å²) < 4.78 is 0. The second kappa shape index (κ2) is 5.45. The predicted molar refractivity (Wildman–Crippen MR) is 72.3 cm³/mol. The van der Waals surface area contributed by atoms with E-state index in [-0.39, 0.29) is 11.9 Å². The number of amides is 1. The minimum absolute atomic E-state index is 0.213. The molecule has 1 aliphatic carbocycles. The van der Waals surface area contributed by atoms with E-state index < -0.39 is 11.9 Å². The molecule has 0 heterocycles. The van der Waals surface area contributed by atoms with Crippen molar-refractivity contribution in [1.82, 2.24) is 5.32 Å². The SMILES string of the molecule is Cc1cc(Cl)ccc1C(=O)NC1C=CC(C(=O)O)C1. The fraction of sp³-hybridized carbons (Fsp3) is 0.286. The van der Waals surface area contributed by atoms with Crippen molar-refractivity contribution in [3.8, 4) is 0 Å². The number of nitrogens with one attached hydrogen (secondary N) is 1. The van der Waals surface area contributed by atoms with E-state index in [0.717, 1.165) is 5.56 Å². The van der Waals surface area contributed by atoms with Gasteiger partial charge in [-0.1, -0.05) is 23.8 Å². The van der Waals surface area contributed by atoms with E-state index in [4.69, 9.17) is 16.7 Å². The lowest BCUT2D eigenvalue weighted by Crippen LogP contribution is -2.33. The maximum absolute atomic E-state index is 12.1. The summed E-state index contributed by atoms with van der Waals surface area (Å²) in [6, 6.07) is 4.82. The summed E-state index contributed by atoms with van der Waals surface area (Å²) >= 11 is 5.84. The molecule has 2 atom stereocenters. The Morgan fingerprint density at radius 1 is 1.37 bits per heavy atom. The Morgan fingerprint density at radius 2 is 2.11 bits per heavy atom. The van der Waals surface area contributed by atoms with Crippen molar-refractivity contribution in [2.45, 2.75) is 19.4 Å². The highest BCUT2D eigenvalue weighted by Gasteiger charge is 2.25. The number of carboxylic acid groups (broad SMARTS) is 1. The maximum Gasteiger partial charge on any atom is 0.310 e. The molecule has 0 fully saturated rings. The highest BCUT2D eigenvalue weighted by molar-refractivity contribution is 6.30. The third kappa shape index (κ3) is 3.15. The normalized spacial score (nSPS) is 21.4. The summed E-state index contributed by atoms with van der Waals surface area (Å²) in [7, 11) is 0. The third-order valence-corrected chi connectivity index (χ3v) is 3.39. The van der Waals surface area contributed by atoms with Gasteiger partial charge in [0.1, 0.15) is 0 Å². The molecule has 5 heteroatoms. The standard InChI is InChI=1S/C14H14ClNO3/c1-8-6-10(15)3-5-12(8)13(17)16-11-4-2-9(7-11)14(18)19/h2-6,9,11H,7H2,1H3,(H,16,17)(H,18,19). The van der Waals surface area contributed by atoms with E-state index in [1.807, 2.05) is 6.92 Å². The van der Waals surface area contributed by atoms with Gasteiger partial charge in [0.25, 0.3) is 5.91 Å². The molecule has 1 aliphatic rings. The summed E-state index contributed by atoms with van der Waals surface area (Å²) in [4.78, 5) is 22.9. The van der Waals surface area contributed by atoms with Crippen molar-refractivity contribution in [2.24, 2.45) is 5.92 Å². The van der Waals surface area contributed by atoms with Crippen molar-refractivity contribution in [3.63, 3.8) is 0 Å². The number of aliphatic carboxylic acids is 1. The fourth-order valence-electron chi connectivity index (χ4n) is 2.12. The monoisotopic (exact) mass is 279 g/mol. The van der Waals surface area contributed by atoms with Crippen molar-refractivity contribution in [3.05, 3.63) is 46.5 Å². The van der Waals surface area contributed by atoms with Crippen LogP contribution in [0.3, 0.4) is 0 Å². The Morgan fingerprint density at radius 3 is 2.68 bits per heavy atom. The molecule has 1 aromatic rings. The Kier molecular flexibility index (Phi) is 3.90. The fourth-order valence-corrected chi connectivity index (χ4v) is 2.34. The van der Waals surface area contributed by atoms with Gasteiger partial charge in [0, 0.05) is 16.6 Å². The topological polar surface area (TPSA) is 66.4 Å². The van der Waals surface area contributed by atoms with Crippen LogP contribution in [0, 0.1) is 12.8 Å². The Balaban J connectivity index is 2.03. The van der Waals surface area contributed by atoms with Crippen LogP contribution in [0.4, 0.5) is 0 Å². The lowest BCUT2D eigenvalue weighted by atomic mass is 10.1. The molecule has 0 saturated heterocycles. The van der Waals surface area contributed by atoms with Crippen LogP contribution >= 0.6 is 11.6 Å². The molecule has 19 heavy (non-hydrogen) atoms. The first kappa shape index (κ1) is 13.6. The van der Waals surface area contributed by atoms with Gasteiger partial charge >= 0.3 is 5.97 Å². The lowest BCUT2D eigenvalue weighted by molar-refractivity contribution is -0.140. The second-order valence-corrected chi connectivity index (χ2v) is 5.04. The average molecular weight is 280 g/mol. The highest BCUT2D eigenvalue weighted by atomic mass is 35.5. The van der Waals surface area contributed by atoms with E-state index in [0.29, 0.717) is 17.0 Å². The van der Waals surface area contributed by atoms with Crippen LogP contribution in [-0.4, -0.2) is 23.0 Å². The van der Waals surface area contributed by atoms with Gasteiger partial charge in [-0.15, -0.1) is 0 Å². The summed E-state index contributed by atoms with van der Waals surface area (Å²) in [6.07, 6.45) is 3.73. The summed E-state index contributed by atoms with van der Waals surface area (Å²) in [5.74, 6) is -1.60. The van der Waals surface area contributed by atoms with Crippen LogP contribution in [-0.2, 0) is 4.79 Å². The summed E-state index contributed by atoms with van der Waals surface area (Å²) in [6.45, 7) is 1.81. The summed E-state index contributed by atoms with van der Waals surface area (Å²) in [5.41, 5.74) is 1.35. The molecule has 0 bridgehead atoms. The molecule has 100 valence electrons. The Bertz CT molecular complexity index is 554. The number of rotatable bonds is 3. The first-order chi connectivity index (χ1) is 8.97. The third-order valence-electron chi connectivity index (χ3n) is 3.15. The first-order valence-corrected chi connectivity index (χ1v) is 6.33.